The maximum atomic E-state index is 13.4. The first-order valence-corrected chi connectivity index (χ1v) is 11.7. The Hall–Kier alpha value is -3.45. The topological polar surface area (TPSA) is 94.0 Å². The van der Waals surface area contributed by atoms with E-state index in [1.165, 1.54) is 11.8 Å². The number of rotatable bonds is 11. The second-order valence-electron chi connectivity index (χ2n) is 7.39. The molecule has 5 N–H and O–H groups in total. The Labute approximate surface area is 208 Å². The molecule has 0 aliphatic carbocycles. The summed E-state index contributed by atoms with van der Waals surface area (Å²) >= 11 is 1.30. The summed E-state index contributed by atoms with van der Waals surface area (Å²) in [6.45, 7) is 9.20. The van der Waals surface area contributed by atoms with Gasteiger partial charge >= 0.3 is 0 Å². The second-order valence-corrected chi connectivity index (χ2v) is 8.21. The Bertz CT molecular complexity index is 1150. The van der Waals surface area contributed by atoms with Crippen LogP contribution in [-0.4, -0.2) is 47.4 Å². The number of aliphatic hydroxyl groups excluding tert-OH is 3. The number of benzene rings is 2. The molecule has 0 spiro atoms. The lowest BCUT2D eigenvalue weighted by molar-refractivity contribution is 0.0966. The molecular formula is C26H28F2N2O4S. The van der Waals surface area contributed by atoms with E-state index in [2.05, 4.69) is 35.6 Å². The minimum atomic E-state index is -0.969. The van der Waals surface area contributed by atoms with Gasteiger partial charge in [-0.1, -0.05) is 25.0 Å². The van der Waals surface area contributed by atoms with E-state index in [4.69, 9.17) is 9.84 Å². The van der Waals surface area contributed by atoms with Gasteiger partial charge in [-0.2, -0.15) is 0 Å². The molecule has 0 saturated carbocycles. The van der Waals surface area contributed by atoms with Gasteiger partial charge in [-0.15, -0.1) is 11.8 Å². The van der Waals surface area contributed by atoms with E-state index in [9.17, 15) is 19.0 Å². The first-order chi connectivity index (χ1) is 16.6. The lowest BCUT2D eigenvalue weighted by atomic mass is 10.1. The van der Waals surface area contributed by atoms with Crippen LogP contribution in [-0.2, 0) is 0 Å². The van der Waals surface area contributed by atoms with Gasteiger partial charge in [0.05, 0.1) is 29.7 Å². The highest BCUT2D eigenvalue weighted by Crippen LogP contribution is 2.27. The molecule has 0 saturated heterocycles. The highest BCUT2D eigenvalue weighted by Gasteiger charge is 2.13. The van der Waals surface area contributed by atoms with E-state index in [0.717, 1.165) is 29.4 Å². The van der Waals surface area contributed by atoms with Gasteiger partial charge in [0.1, 0.15) is 28.9 Å². The highest BCUT2D eigenvalue weighted by molar-refractivity contribution is 8.02. The standard InChI is InChI=1S/C26H28F2N2O4S/c1-16-10-22(34-23-12-19(27)11-20(28)13-23)7-8-24(16)29-9-5-6-25(35-4)26(18(3)32)17(2)30-14-21(33)15-31/h7-8,10-13,21,29-33H,2-3,9,14-15H2,1,4H3/b26-25-. The molecule has 0 radical (unpaired) electrons. The maximum Gasteiger partial charge on any atom is 0.133 e. The largest absolute Gasteiger partial charge is 0.508 e. The number of hydrogen-bond acceptors (Lipinski definition) is 7. The molecule has 9 heteroatoms. The van der Waals surface area contributed by atoms with Crippen LogP contribution in [0.25, 0.3) is 0 Å². The number of thioether (sulfide) groups is 1. The average Bonchev–Trinajstić information content (AvgIpc) is 2.79. The zero-order chi connectivity index (χ0) is 26.0. The number of aryl methyl sites for hydroxylation is 1. The van der Waals surface area contributed by atoms with Gasteiger partial charge in [-0.05, 0) is 36.9 Å². The van der Waals surface area contributed by atoms with E-state index in [1.54, 1.807) is 24.5 Å². The van der Waals surface area contributed by atoms with Crippen molar-refractivity contribution in [3.63, 3.8) is 0 Å². The fourth-order valence-electron chi connectivity index (χ4n) is 2.94. The SMILES string of the molecule is C=C(O)/C(C(=C)NCC(O)CO)=C(/C#CCNc1ccc(Oc2cc(F)cc(F)c2)cc1C)SC. The van der Waals surface area contributed by atoms with E-state index >= 15 is 0 Å². The van der Waals surface area contributed by atoms with Crippen LogP contribution in [0, 0.1) is 30.4 Å². The summed E-state index contributed by atoms with van der Waals surface area (Å²) in [5.41, 5.74) is 2.27. The molecule has 1 atom stereocenters. The monoisotopic (exact) mass is 502 g/mol. The second kappa shape index (κ2) is 13.4. The number of aliphatic hydroxyl groups is 3. The van der Waals surface area contributed by atoms with Gasteiger partial charge in [0.25, 0.3) is 0 Å². The number of anilines is 1. The molecule has 0 aliphatic rings. The summed E-state index contributed by atoms with van der Waals surface area (Å²) in [4.78, 5) is 0.526. The molecule has 1 unspecified atom stereocenters. The fraction of sp³-hybridized carbons (Fsp3) is 0.231. The number of halogens is 2. The van der Waals surface area contributed by atoms with Crippen molar-refractivity contribution >= 4 is 17.4 Å². The summed E-state index contributed by atoms with van der Waals surface area (Å²) in [7, 11) is 0. The first-order valence-electron chi connectivity index (χ1n) is 10.5. The molecule has 2 aromatic rings. The van der Waals surface area contributed by atoms with Gasteiger partial charge in [0.2, 0.25) is 0 Å². The van der Waals surface area contributed by atoms with E-state index in [1.807, 2.05) is 6.92 Å². The van der Waals surface area contributed by atoms with Gasteiger partial charge in [0, 0.05) is 36.1 Å². The van der Waals surface area contributed by atoms with Gasteiger partial charge in [0.15, 0.2) is 0 Å². The van der Waals surface area contributed by atoms with Crippen molar-refractivity contribution in [2.75, 3.05) is 31.3 Å². The Balaban J connectivity index is 2.08. The number of hydrogen-bond donors (Lipinski definition) is 5. The Morgan fingerprint density at radius 2 is 1.83 bits per heavy atom. The molecule has 0 aromatic heterocycles. The Morgan fingerprint density at radius 1 is 1.14 bits per heavy atom. The molecule has 0 heterocycles. The van der Waals surface area contributed by atoms with Crippen LogP contribution in [0.3, 0.4) is 0 Å². The third-order valence-corrected chi connectivity index (χ3v) is 5.34. The van der Waals surface area contributed by atoms with Crippen molar-refractivity contribution in [3.8, 4) is 23.3 Å². The Morgan fingerprint density at radius 3 is 2.40 bits per heavy atom. The molecular weight excluding hydrogens is 474 g/mol. The van der Waals surface area contributed by atoms with Crippen molar-refractivity contribution in [1.82, 2.24) is 5.32 Å². The molecule has 186 valence electrons. The summed E-state index contributed by atoms with van der Waals surface area (Å²) in [5.74, 6) is 4.79. The smallest absolute Gasteiger partial charge is 0.133 e. The summed E-state index contributed by atoms with van der Waals surface area (Å²) in [6, 6.07) is 8.15. The van der Waals surface area contributed by atoms with Crippen LogP contribution < -0.4 is 15.4 Å². The van der Waals surface area contributed by atoms with Crippen LogP contribution in [0.15, 0.2) is 71.5 Å². The van der Waals surface area contributed by atoms with E-state index in [-0.39, 0.29) is 24.6 Å². The van der Waals surface area contributed by atoms with Crippen molar-refractivity contribution in [1.29, 1.82) is 0 Å². The molecule has 35 heavy (non-hydrogen) atoms. The third kappa shape index (κ3) is 8.68. The molecule has 0 amide bonds. The lowest BCUT2D eigenvalue weighted by Gasteiger charge is -2.16. The molecule has 6 nitrogen and oxygen atoms in total. The minimum absolute atomic E-state index is 0.0515. The van der Waals surface area contributed by atoms with Gasteiger partial charge < -0.3 is 30.7 Å². The van der Waals surface area contributed by atoms with Crippen molar-refractivity contribution < 1.29 is 28.8 Å². The molecule has 0 aliphatic heterocycles. The summed E-state index contributed by atoms with van der Waals surface area (Å²) in [5, 5.41) is 34.5. The molecule has 0 fully saturated rings. The number of nitrogens with one attached hydrogen (secondary N) is 2. The van der Waals surface area contributed by atoms with Crippen molar-refractivity contribution in [3.05, 3.63) is 88.7 Å². The van der Waals surface area contributed by atoms with Gasteiger partial charge in [-0.3, -0.25) is 0 Å². The minimum Gasteiger partial charge on any atom is -0.508 e. The van der Waals surface area contributed by atoms with Crippen molar-refractivity contribution in [2.24, 2.45) is 0 Å². The Kier molecular flexibility index (Phi) is 10.7. The highest BCUT2D eigenvalue weighted by atomic mass is 32.2. The molecule has 2 rings (SSSR count). The molecule has 2 aromatic carbocycles. The first kappa shape index (κ1) is 27.8. The maximum absolute atomic E-state index is 13.4. The molecule has 0 bridgehead atoms. The predicted octanol–water partition coefficient (Wildman–Crippen LogP) is 4.63. The van der Waals surface area contributed by atoms with Crippen LogP contribution in [0.2, 0.25) is 0 Å². The summed E-state index contributed by atoms with van der Waals surface area (Å²) < 4.78 is 32.3. The zero-order valence-electron chi connectivity index (χ0n) is 19.5. The van der Waals surface area contributed by atoms with E-state index in [0.29, 0.717) is 21.9 Å². The van der Waals surface area contributed by atoms with Gasteiger partial charge in [-0.25, -0.2) is 8.78 Å². The normalized spacial score (nSPS) is 12.1. The quantitative estimate of drug-likeness (QED) is 0.174. The van der Waals surface area contributed by atoms with Crippen LogP contribution >= 0.6 is 11.8 Å². The lowest BCUT2D eigenvalue weighted by Crippen LogP contribution is -2.29. The number of ether oxygens (including phenoxy) is 1. The zero-order valence-corrected chi connectivity index (χ0v) is 20.3. The van der Waals surface area contributed by atoms with Crippen LogP contribution in [0.1, 0.15) is 5.56 Å². The average molecular weight is 503 g/mol. The fourth-order valence-corrected chi connectivity index (χ4v) is 3.56. The summed E-state index contributed by atoms with van der Waals surface area (Å²) in [6.07, 6.45) is 0.826. The van der Waals surface area contributed by atoms with Crippen molar-refractivity contribution in [2.45, 2.75) is 13.0 Å². The van der Waals surface area contributed by atoms with E-state index < -0.39 is 24.3 Å². The third-order valence-electron chi connectivity index (χ3n) is 4.62. The van der Waals surface area contributed by atoms with Crippen LogP contribution in [0.5, 0.6) is 11.5 Å². The van der Waals surface area contributed by atoms with Crippen LogP contribution in [0.4, 0.5) is 14.5 Å². The predicted molar refractivity (Wildman–Crippen MR) is 136 cm³/mol. The number of allylic oxidation sites excluding steroid dienone is 1.